The normalized spacial score (nSPS) is 33.9. The Morgan fingerprint density at radius 1 is 0.833 bits per heavy atom. The van der Waals surface area contributed by atoms with E-state index in [1.54, 1.807) is 6.92 Å². The molecule has 0 aromatic carbocycles. The van der Waals surface area contributed by atoms with Crippen molar-refractivity contribution in [2.75, 3.05) is 13.1 Å². The summed E-state index contributed by atoms with van der Waals surface area (Å²) in [4.78, 5) is 28.9. The van der Waals surface area contributed by atoms with Gasteiger partial charge >= 0.3 is 0 Å². The van der Waals surface area contributed by atoms with Gasteiger partial charge in [-0.3, -0.25) is 9.59 Å². The lowest BCUT2D eigenvalue weighted by atomic mass is 9.70. The van der Waals surface area contributed by atoms with Crippen LogP contribution < -0.4 is 0 Å². The van der Waals surface area contributed by atoms with E-state index in [-0.39, 0.29) is 5.91 Å². The minimum Gasteiger partial charge on any atom is -0.340 e. The van der Waals surface area contributed by atoms with Crippen LogP contribution in [-0.2, 0) is 9.59 Å². The van der Waals surface area contributed by atoms with Crippen LogP contribution in [0.15, 0.2) is 0 Å². The smallest absolute Gasteiger partial charge is 0.222 e. The van der Waals surface area contributed by atoms with Crippen LogP contribution in [0.2, 0.25) is 0 Å². The zero-order valence-electron chi connectivity index (χ0n) is 15.5. The predicted molar refractivity (Wildman–Crippen MR) is 95.5 cm³/mol. The van der Waals surface area contributed by atoms with E-state index >= 15 is 0 Å². The SMILES string of the molecule is CCCC(=O)N1CCCC1C1CCCCC1C1CCCN1C(C)=O. The van der Waals surface area contributed by atoms with Crippen molar-refractivity contribution in [1.82, 2.24) is 9.80 Å². The topological polar surface area (TPSA) is 40.6 Å². The van der Waals surface area contributed by atoms with E-state index in [4.69, 9.17) is 0 Å². The average Bonchev–Trinajstić information content (AvgIpc) is 3.24. The van der Waals surface area contributed by atoms with Gasteiger partial charge in [0.2, 0.25) is 11.8 Å². The van der Waals surface area contributed by atoms with Crippen molar-refractivity contribution in [1.29, 1.82) is 0 Å². The lowest BCUT2D eigenvalue weighted by molar-refractivity contribution is -0.136. The molecule has 0 N–H and O–H groups in total. The van der Waals surface area contributed by atoms with Crippen LogP contribution >= 0.6 is 0 Å². The lowest BCUT2D eigenvalue weighted by Gasteiger charge is -2.44. The highest BCUT2D eigenvalue weighted by molar-refractivity contribution is 5.76. The summed E-state index contributed by atoms with van der Waals surface area (Å²) in [6.07, 6.45) is 11.3. The maximum atomic E-state index is 12.6. The van der Waals surface area contributed by atoms with Gasteiger partial charge in [0, 0.05) is 38.5 Å². The summed E-state index contributed by atoms with van der Waals surface area (Å²) in [6, 6.07) is 0.861. The molecule has 3 rings (SSSR count). The number of hydrogen-bond acceptors (Lipinski definition) is 2. The van der Waals surface area contributed by atoms with Gasteiger partial charge in [-0.25, -0.2) is 0 Å². The number of amides is 2. The molecule has 0 spiro atoms. The van der Waals surface area contributed by atoms with Crippen molar-refractivity contribution in [3.8, 4) is 0 Å². The molecule has 1 aliphatic carbocycles. The Morgan fingerprint density at radius 2 is 1.38 bits per heavy atom. The Morgan fingerprint density at radius 3 is 1.92 bits per heavy atom. The molecule has 2 heterocycles. The second kappa shape index (κ2) is 7.88. The van der Waals surface area contributed by atoms with Gasteiger partial charge in [0.1, 0.15) is 0 Å². The van der Waals surface area contributed by atoms with Gasteiger partial charge in [0.15, 0.2) is 0 Å². The number of rotatable bonds is 4. The van der Waals surface area contributed by atoms with E-state index in [1.165, 1.54) is 32.1 Å². The first-order chi connectivity index (χ1) is 11.6. The molecule has 0 aromatic heterocycles. The van der Waals surface area contributed by atoms with Crippen molar-refractivity contribution >= 4 is 11.8 Å². The minimum atomic E-state index is 0.243. The first-order valence-corrected chi connectivity index (χ1v) is 10.2. The van der Waals surface area contributed by atoms with E-state index in [1.807, 2.05) is 0 Å². The van der Waals surface area contributed by atoms with Crippen LogP contribution in [0, 0.1) is 11.8 Å². The molecule has 136 valence electrons. The fourth-order valence-electron chi connectivity index (χ4n) is 5.68. The largest absolute Gasteiger partial charge is 0.340 e. The van der Waals surface area contributed by atoms with Crippen molar-refractivity contribution in [2.24, 2.45) is 11.8 Å². The molecule has 0 aromatic rings. The fourth-order valence-corrected chi connectivity index (χ4v) is 5.68. The maximum Gasteiger partial charge on any atom is 0.222 e. The first kappa shape index (κ1) is 17.8. The first-order valence-electron chi connectivity index (χ1n) is 10.2. The predicted octanol–water partition coefficient (Wildman–Crippen LogP) is 3.59. The Bertz CT molecular complexity index is 465. The molecular weight excluding hydrogens is 300 g/mol. The van der Waals surface area contributed by atoms with E-state index in [9.17, 15) is 9.59 Å². The highest BCUT2D eigenvalue weighted by Gasteiger charge is 2.44. The van der Waals surface area contributed by atoms with Crippen LogP contribution in [0.3, 0.4) is 0 Å². The molecule has 0 bridgehead atoms. The Balaban J connectivity index is 1.76. The lowest BCUT2D eigenvalue weighted by Crippen LogP contribution is -2.49. The van der Waals surface area contributed by atoms with Gasteiger partial charge in [-0.2, -0.15) is 0 Å². The third kappa shape index (κ3) is 3.48. The average molecular weight is 335 g/mol. The number of carbonyl (C=O) groups excluding carboxylic acids is 2. The summed E-state index contributed by atoms with van der Waals surface area (Å²) in [7, 11) is 0. The fraction of sp³-hybridized carbons (Fsp3) is 0.900. The van der Waals surface area contributed by atoms with Crippen LogP contribution in [0.1, 0.15) is 78.1 Å². The van der Waals surface area contributed by atoms with E-state index in [0.29, 0.717) is 36.2 Å². The Kier molecular flexibility index (Phi) is 5.83. The van der Waals surface area contributed by atoms with Crippen molar-refractivity contribution in [2.45, 2.75) is 90.1 Å². The third-order valence-corrected chi connectivity index (χ3v) is 6.65. The number of hydrogen-bond donors (Lipinski definition) is 0. The monoisotopic (exact) mass is 334 g/mol. The van der Waals surface area contributed by atoms with Crippen LogP contribution in [0.4, 0.5) is 0 Å². The summed E-state index contributed by atoms with van der Waals surface area (Å²) in [5.74, 6) is 1.81. The van der Waals surface area contributed by atoms with Crippen LogP contribution in [-0.4, -0.2) is 46.8 Å². The molecule has 3 aliphatic rings. The molecule has 0 radical (unpaired) electrons. The standard InChI is InChI=1S/C20H34N2O2/c1-3-8-20(24)22-14-7-12-19(22)17-10-5-4-9-16(17)18-11-6-13-21(18)15(2)23/h16-19H,3-14H2,1-2H3. The van der Waals surface area contributed by atoms with Gasteiger partial charge in [-0.15, -0.1) is 0 Å². The van der Waals surface area contributed by atoms with Crippen molar-refractivity contribution in [3.05, 3.63) is 0 Å². The molecule has 2 aliphatic heterocycles. The summed E-state index contributed by atoms with van der Waals surface area (Å²) in [5, 5.41) is 0. The zero-order valence-corrected chi connectivity index (χ0v) is 15.5. The summed E-state index contributed by atoms with van der Waals surface area (Å²) < 4.78 is 0. The van der Waals surface area contributed by atoms with Crippen LogP contribution in [0.5, 0.6) is 0 Å². The maximum absolute atomic E-state index is 12.6. The zero-order chi connectivity index (χ0) is 17.1. The van der Waals surface area contributed by atoms with Gasteiger partial charge in [0.05, 0.1) is 0 Å². The molecule has 2 amide bonds. The number of likely N-dealkylation sites (tertiary alicyclic amines) is 2. The van der Waals surface area contributed by atoms with Gasteiger partial charge in [-0.1, -0.05) is 19.8 Å². The minimum absolute atomic E-state index is 0.243. The van der Waals surface area contributed by atoms with Gasteiger partial charge in [-0.05, 0) is 56.8 Å². The number of carbonyl (C=O) groups is 2. The van der Waals surface area contributed by atoms with E-state index in [2.05, 4.69) is 16.7 Å². The molecule has 4 heteroatoms. The highest BCUT2D eigenvalue weighted by atomic mass is 16.2. The molecule has 2 saturated heterocycles. The third-order valence-electron chi connectivity index (χ3n) is 6.65. The Hall–Kier alpha value is -1.06. The summed E-state index contributed by atoms with van der Waals surface area (Å²) in [5.41, 5.74) is 0. The van der Waals surface area contributed by atoms with Crippen molar-refractivity contribution in [3.63, 3.8) is 0 Å². The summed E-state index contributed by atoms with van der Waals surface area (Å²) >= 11 is 0. The highest BCUT2D eigenvalue weighted by Crippen LogP contribution is 2.43. The van der Waals surface area contributed by atoms with Crippen LogP contribution in [0.25, 0.3) is 0 Å². The van der Waals surface area contributed by atoms with E-state index < -0.39 is 0 Å². The second-order valence-corrected chi connectivity index (χ2v) is 8.08. The second-order valence-electron chi connectivity index (χ2n) is 8.08. The Labute approximate surface area is 146 Å². The quantitative estimate of drug-likeness (QED) is 0.788. The summed E-state index contributed by atoms with van der Waals surface area (Å²) in [6.45, 7) is 5.71. The number of nitrogens with zero attached hydrogens (tertiary/aromatic N) is 2. The molecule has 4 unspecified atom stereocenters. The molecule has 3 fully saturated rings. The van der Waals surface area contributed by atoms with Gasteiger partial charge in [0.25, 0.3) is 0 Å². The van der Waals surface area contributed by atoms with E-state index in [0.717, 1.165) is 38.8 Å². The molecule has 4 nitrogen and oxygen atoms in total. The van der Waals surface area contributed by atoms with Gasteiger partial charge < -0.3 is 9.80 Å². The molecular formula is C20H34N2O2. The molecule has 4 atom stereocenters. The molecule has 24 heavy (non-hydrogen) atoms. The van der Waals surface area contributed by atoms with Crippen molar-refractivity contribution < 1.29 is 9.59 Å². The molecule has 1 saturated carbocycles.